The van der Waals surface area contributed by atoms with Gasteiger partial charge in [-0.1, -0.05) is 24.3 Å². The van der Waals surface area contributed by atoms with Crippen molar-refractivity contribution in [2.24, 2.45) is 0 Å². The maximum Gasteiger partial charge on any atom is 0.203 e. The van der Waals surface area contributed by atoms with Gasteiger partial charge >= 0.3 is 0 Å². The summed E-state index contributed by atoms with van der Waals surface area (Å²) in [6.07, 6.45) is -1.18. The number of rotatable bonds is 14. The Balaban J connectivity index is 1.95. The second-order valence-electron chi connectivity index (χ2n) is 9.36. The van der Waals surface area contributed by atoms with Crippen molar-refractivity contribution < 1.29 is 42.6 Å². The van der Waals surface area contributed by atoms with Gasteiger partial charge in [0.1, 0.15) is 23.7 Å². The van der Waals surface area contributed by atoms with Crippen molar-refractivity contribution >= 4 is 0 Å². The molecule has 0 saturated carbocycles. The highest BCUT2D eigenvalue weighted by atomic mass is 16.5. The molecule has 43 heavy (non-hydrogen) atoms. The summed E-state index contributed by atoms with van der Waals surface area (Å²) in [5.41, 5.74) is 3.32. The number of benzene rings is 4. The fraction of sp³-hybridized carbons (Fsp3) is 0.294. The molecule has 0 radical (unpaired) electrons. The van der Waals surface area contributed by atoms with Gasteiger partial charge in [-0.2, -0.15) is 0 Å². The zero-order valence-electron chi connectivity index (χ0n) is 25.8. The van der Waals surface area contributed by atoms with Gasteiger partial charge in [-0.3, -0.25) is 0 Å². The Bertz CT molecular complexity index is 1320. The van der Waals surface area contributed by atoms with Crippen molar-refractivity contribution in [3.63, 3.8) is 0 Å². The highest BCUT2D eigenvalue weighted by Crippen LogP contribution is 2.46. The van der Waals surface area contributed by atoms with Gasteiger partial charge in [0, 0.05) is 0 Å². The van der Waals surface area contributed by atoms with E-state index in [4.69, 9.17) is 42.6 Å². The van der Waals surface area contributed by atoms with Crippen LogP contribution in [0, 0.1) is 0 Å². The van der Waals surface area contributed by atoms with E-state index in [0.717, 1.165) is 33.8 Å². The van der Waals surface area contributed by atoms with E-state index in [0.29, 0.717) is 34.5 Å². The quantitative estimate of drug-likeness (QED) is 0.160. The first-order valence-corrected chi connectivity index (χ1v) is 13.5. The van der Waals surface area contributed by atoms with Crippen LogP contribution < -0.4 is 37.9 Å². The zero-order chi connectivity index (χ0) is 30.9. The van der Waals surface area contributed by atoms with Gasteiger partial charge in [-0.15, -0.1) is 0 Å². The maximum absolute atomic E-state index is 7.10. The first-order valence-electron chi connectivity index (χ1n) is 13.5. The summed E-state index contributed by atoms with van der Waals surface area (Å²) in [5, 5.41) is 0. The van der Waals surface area contributed by atoms with Gasteiger partial charge in [0.05, 0.1) is 56.9 Å². The predicted molar refractivity (Wildman–Crippen MR) is 163 cm³/mol. The maximum atomic E-state index is 7.10. The normalized spacial score (nSPS) is 12.1. The van der Waals surface area contributed by atoms with Crippen molar-refractivity contribution in [3.8, 4) is 46.0 Å². The third-order valence-corrected chi connectivity index (χ3v) is 7.09. The van der Waals surface area contributed by atoms with Crippen molar-refractivity contribution in [3.05, 3.63) is 95.1 Å². The molecule has 0 fully saturated rings. The van der Waals surface area contributed by atoms with Crippen LogP contribution in [0.5, 0.6) is 46.0 Å². The second kappa shape index (κ2) is 14.4. The van der Waals surface area contributed by atoms with E-state index in [2.05, 4.69) is 0 Å². The minimum Gasteiger partial charge on any atom is -0.497 e. The van der Waals surface area contributed by atoms with Crippen molar-refractivity contribution in [2.75, 3.05) is 56.9 Å². The summed E-state index contributed by atoms with van der Waals surface area (Å²) < 4.78 is 51.9. The summed E-state index contributed by atoms with van der Waals surface area (Å²) in [7, 11) is 12.7. The Morgan fingerprint density at radius 2 is 0.651 bits per heavy atom. The van der Waals surface area contributed by atoms with Crippen LogP contribution in [-0.4, -0.2) is 56.9 Å². The molecule has 4 aromatic rings. The molecule has 0 aromatic heterocycles. The SMILES string of the molecule is COc1ccc(C(OC(c2ccc(OC)cc2)c2cc(OC)c(OC)c(OC)c2)c2cc(OC)c(OC)c(OC)c2)cc1. The molecule has 0 bridgehead atoms. The molecule has 2 atom stereocenters. The van der Waals surface area contributed by atoms with E-state index in [-0.39, 0.29) is 0 Å². The lowest BCUT2D eigenvalue weighted by Crippen LogP contribution is -2.14. The number of hydrogen-bond donors (Lipinski definition) is 0. The smallest absolute Gasteiger partial charge is 0.203 e. The molecule has 0 aliphatic carbocycles. The minimum atomic E-state index is -0.592. The molecule has 0 aliphatic heterocycles. The molecule has 4 aromatic carbocycles. The van der Waals surface area contributed by atoms with Crippen LogP contribution in [0.25, 0.3) is 0 Å². The van der Waals surface area contributed by atoms with Crippen molar-refractivity contribution in [1.29, 1.82) is 0 Å². The van der Waals surface area contributed by atoms with E-state index in [1.807, 2.05) is 72.8 Å². The second-order valence-corrected chi connectivity index (χ2v) is 9.36. The molecule has 0 N–H and O–H groups in total. The molecular weight excluding hydrogens is 552 g/mol. The standard InChI is InChI=1S/C34H38O9/c1-35-25-13-9-21(10-14-25)31(23-17-27(37-3)33(41-7)28(18-23)38-4)43-32(22-11-15-26(36-2)16-12-22)24-19-29(39-5)34(42-8)30(20-24)40-6/h9-20,31-32H,1-8H3. The Hall–Kier alpha value is -4.76. The number of ether oxygens (including phenoxy) is 9. The average Bonchev–Trinajstić information content (AvgIpc) is 3.07. The molecule has 0 amide bonds. The number of hydrogen-bond acceptors (Lipinski definition) is 9. The average molecular weight is 591 g/mol. The van der Waals surface area contributed by atoms with E-state index < -0.39 is 12.2 Å². The summed E-state index contributed by atoms with van der Waals surface area (Å²) >= 11 is 0. The van der Waals surface area contributed by atoms with Crippen molar-refractivity contribution in [2.45, 2.75) is 12.2 Å². The van der Waals surface area contributed by atoms with E-state index in [1.165, 1.54) is 0 Å². The van der Waals surface area contributed by atoms with Crippen LogP contribution in [-0.2, 0) is 4.74 Å². The van der Waals surface area contributed by atoms with E-state index in [1.54, 1.807) is 56.9 Å². The van der Waals surface area contributed by atoms with Crippen LogP contribution in [0.2, 0.25) is 0 Å². The molecule has 9 heteroatoms. The van der Waals surface area contributed by atoms with Gasteiger partial charge in [0.15, 0.2) is 23.0 Å². The lowest BCUT2D eigenvalue weighted by molar-refractivity contribution is 0.0303. The van der Waals surface area contributed by atoms with E-state index >= 15 is 0 Å². The topological polar surface area (TPSA) is 83.1 Å². The van der Waals surface area contributed by atoms with Gasteiger partial charge in [-0.25, -0.2) is 0 Å². The monoisotopic (exact) mass is 590 g/mol. The fourth-order valence-corrected chi connectivity index (χ4v) is 4.90. The van der Waals surface area contributed by atoms with Gasteiger partial charge < -0.3 is 42.6 Å². The highest BCUT2D eigenvalue weighted by molar-refractivity contribution is 5.57. The van der Waals surface area contributed by atoms with Crippen LogP contribution in [0.1, 0.15) is 34.5 Å². The Morgan fingerprint density at radius 3 is 0.884 bits per heavy atom. The first-order chi connectivity index (χ1) is 20.9. The number of methoxy groups -OCH3 is 8. The van der Waals surface area contributed by atoms with Crippen molar-refractivity contribution in [1.82, 2.24) is 0 Å². The molecule has 0 aliphatic rings. The zero-order valence-corrected chi connectivity index (χ0v) is 25.8. The largest absolute Gasteiger partial charge is 0.497 e. The highest BCUT2D eigenvalue weighted by Gasteiger charge is 2.28. The summed E-state index contributed by atoms with van der Waals surface area (Å²) in [5.74, 6) is 4.45. The van der Waals surface area contributed by atoms with Crippen LogP contribution in [0.15, 0.2) is 72.8 Å². The summed E-state index contributed by atoms with van der Waals surface area (Å²) in [4.78, 5) is 0. The summed E-state index contributed by atoms with van der Waals surface area (Å²) in [6.45, 7) is 0. The van der Waals surface area contributed by atoms with E-state index in [9.17, 15) is 0 Å². The molecule has 0 spiro atoms. The van der Waals surface area contributed by atoms with Crippen LogP contribution in [0.4, 0.5) is 0 Å². The Morgan fingerprint density at radius 1 is 0.349 bits per heavy atom. The molecule has 228 valence electrons. The van der Waals surface area contributed by atoms with Gasteiger partial charge in [0.2, 0.25) is 11.5 Å². The lowest BCUT2D eigenvalue weighted by Gasteiger charge is -2.28. The van der Waals surface area contributed by atoms with Crippen LogP contribution >= 0.6 is 0 Å². The molecular formula is C34H38O9. The molecule has 4 rings (SSSR count). The van der Waals surface area contributed by atoms with Gasteiger partial charge in [-0.05, 0) is 70.8 Å². The molecule has 2 unspecified atom stereocenters. The lowest BCUT2D eigenvalue weighted by atomic mass is 9.96. The Kier molecular flexibility index (Phi) is 10.5. The minimum absolute atomic E-state index is 0.485. The third kappa shape index (κ3) is 6.67. The molecule has 0 saturated heterocycles. The molecule has 0 heterocycles. The molecule has 9 nitrogen and oxygen atoms in total. The fourth-order valence-electron chi connectivity index (χ4n) is 4.90. The van der Waals surface area contributed by atoms with Gasteiger partial charge in [0.25, 0.3) is 0 Å². The Labute approximate surface area is 252 Å². The third-order valence-electron chi connectivity index (χ3n) is 7.09. The first kappa shape index (κ1) is 31.2. The summed E-state index contributed by atoms with van der Waals surface area (Å²) in [6, 6.07) is 23.0. The predicted octanol–water partition coefficient (Wildman–Crippen LogP) is 6.65. The van der Waals surface area contributed by atoms with Crippen LogP contribution in [0.3, 0.4) is 0 Å².